The maximum atomic E-state index is 11.4. The minimum absolute atomic E-state index is 0.201. The second-order valence-corrected chi connectivity index (χ2v) is 5.45. The number of hydroxylamine groups is 1. The number of nitrogens with one attached hydrogen (secondary N) is 1. The lowest BCUT2D eigenvalue weighted by atomic mass is 10.0. The van der Waals surface area contributed by atoms with Gasteiger partial charge in [0.05, 0.1) is 0 Å². The molecule has 4 heteroatoms. The van der Waals surface area contributed by atoms with Crippen molar-refractivity contribution in [3.63, 3.8) is 0 Å². The van der Waals surface area contributed by atoms with E-state index in [2.05, 4.69) is 26.3 Å². The third-order valence-corrected chi connectivity index (χ3v) is 2.95. The molecule has 0 aromatic heterocycles. The maximum Gasteiger partial charge on any atom is 0.332 e. The second-order valence-electron chi connectivity index (χ2n) is 5.45. The molecule has 0 aliphatic heterocycles. The summed E-state index contributed by atoms with van der Waals surface area (Å²) in [5, 5.41) is 0. The van der Waals surface area contributed by atoms with E-state index < -0.39 is 0 Å². The number of hydrogen-bond acceptors (Lipinski definition) is 3. The summed E-state index contributed by atoms with van der Waals surface area (Å²) in [5.41, 5.74) is 2.22. The Morgan fingerprint density at radius 2 is 1.68 bits per heavy atom. The van der Waals surface area contributed by atoms with Gasteiger partial charge < -0.3 is 4.84 Å². The molecule has 0 bridgehead atoms. The highest BCUT2D eigenvalue weighted by atomic mass is 16.7. The van der Waals surface area contributed by atoms with Gasteiger partial charge in [0.15, 0.2) is 0 Å². The molecular formula is C15H29NO3. The molecule has 1 N–H and O–H groups in total. The fourth-order valence-corrected chi connectivity index (χ4v) is 1.75. The highest BCUT2D eigenvalue weighted by molar-refractivity contribution is 5.77. The van der Waals surface area contributed by atoms with Gasteiger partial charge in [0, 0.05) is 12.8 Å². The number of amides is 1. The molecular weight excluding hydrogens is 242 g/mol. The van der Waals surface area contributed by atoms with Crippen LogP contribution in [0.2, 0.25) is 0 Å². The predicted molar refractivity (Wildman–Crippen MR) is 76.3 cm³/mol. The van der Waals surface area contributed by atoms with Gasteiger partial charge in [-0.3, -0.25) is 4.79 Å². The molecule has 0 aliphatic carbocycles. The second kappa shape index (κ2) is 12.0. The Morgan fingerprint density at radius 1 is 1.00 bits per heavy atom. The largest absolute Gasteiger partial charge is 0.341 e. The Hall–Kier alpha value is -1.06. The number of hydrogen-bond donors (Lipinski definition) is 1. The first kappa shape index (κ1) is 17.9. The van der Waals surface area contributed by atoms with Gasteiger partial charge in [-0.2, -0.15) is 5.48 Å². The molecule has 1 amide bonds. The molecule has 0 aliphatic rings. The van der Waals surface area contributed by atoms with E-state index >= 15 is 0 Å². The molecule has 112 valence electrons. The van der Waals surface area contributed by atoms with Crippen LogP contribution < -0.4 is 5.48 Å². The van der Waals surface area contributed by atoms with Crippen molar-refractivity contribution in [3.05, 3.63) is 0 Å². The van der Waals surface area contributed by atoms with E-state index in [9.17, 15) is 9.59 Å². The van der Waals surface area contributed by atoms with Crippen molar-refractivity contribution < 1.29 is 14.4 Å². The Bertz CT molecular complexity index is 252. The van der Waals surface area contributed by atoms with Crippen molar-refractivity contribution in [2.75, 3.05) is 0 Å². The Morgan fingerprint density at radius 3 is 2.32 bits per heavy atom. The smallest absolute Gasteiger partial charge is 0.332 e. The Balaban J connectivity index is 3.41. The van der Waals surface area contributed by atoms with E-state index in [0.29, 0.717) is 12.8 Å². The number of unbranched alkanes of at least 4 members (excludes halogenated alkanes) is 4. The zero-order chi connectivity index (χ0) is 14.5. The molecule has 0 unspecified atom stereocenters. The summed E-state index contributed by atoms with van der Waals surface area (Å²) in [5.74, 6) is 0.174. The summed E-state index contributed by atoms with van der Waals surface area (Å²) in [7, 11) is 0. The molecule has 0 heterocycles. The number of carbonyl (C=O) groups is 2. The fraction of sp³-hybridized carbons (Fsp3) is 0.867. The Kier molecular flexibility index (Phi) is 11.3. The maximum absolute atomic E-state index is 11.4. The molecule has 0 radical (unpaired) electrons. The van der Waals surface area contributed by atoms with Crippen LogP contribution in [0.5, 0.6) is 0 Å². The molecule has 4 nitrogen and oxygen atoms in total. The summed E-state index contributed by atoms with van der Waals surface area (Å²) in [6, 6.07) is 0. The summed E-state index contributed by atoms with van der Waals surface area (Å²) in [4.78, 5) is 27.3. The lowest BCUT2D eigenvalue weighted by molar-refractivity contribution is -0.158. The molecule has 0 fully saturated rings. The van der Waals surface area contributed by atoms with Gasteiger partial charge in [0.2, 0.25) is 0 Å². The van der Waals surface area contributed by atoms with E-state index in [1.807, 2.05) is 0 Å². The van der Waals surface area contributed by atoms with Crippen LogP contribution in [-0.4, -0.2) is 11.9 Å². The highest BCUT2D eigenvalue weighted by Crippen LogP contribution is 2.09. The van der Waals surface area contributed by atoms with Gasteiger partial charge in [-0.25, -0.2) is 4.79 Å². The molecule has 0 rings (SSSR count). The first-order valence-corrected chi connectivity index (χ1v) is 7.54. The van der Waals surface area contributed by atoms with Crippen LogP contribution in [0.4, 0.5) is 0 Å². The van der Waals surface area contributed by atoms with E-state index in [-0.39, 0.29) is 11.9 Å². The van der Waals surface area contributed by atoms with Crippen molar-refractivity contribution >= 4 is 11.9 Å². The number of rotatable bonds is 10. The van der Waals surface area contributed by atoms with E-state index in [4.69, 9.17) is 4.84 Å². The monoisotopic (exact) mass is 271 g/mol. The fourth-order valence-electron chi connectivity index (χ4n) is 1.75. The predicted octanol–water partition coefficient (Wildman–Crippen LogP) is 3.75. The van der Waals surface area contributed by atoms with Crippen LogP contribution >= 0.6 is 0 Å². The minimum atomic E-state index is -0.346. The van der Waals surface area contributed by atoms with Gasteiger partial charge >= 0.3 is 5.97 Å². The molecule has 0 spiro atoms. The summed E-state index contributed by atoms with van der Waals surface area (Å²) < 4.78 is 0. The molecule has 0 atom stereocenters. The zero-order valence-corrected chi connectivity index (χ0v) is 12.7. The SMILES string of the molecule is CCCCCC(=O)ONC(=O)CCCCCC(C)C. The van der Waals surface area contributed by atoms with Crippen molar-refractivity contribution in [1.29, 1.82) is 0 Å². The molecule has 0 saturated heterocycles. The van der Waals surface area contributed by atoms with Gasteiger partial charge in [-0.1, -0.05) is 52.9 Å². The lowest BCUT2D eigenvalue weighted by Crippen LogP contribution is -2.26. The van der Waals surface area contributed by atoms with Crippen molar-refractivity contribution in [2.45, 2.75) is 78.6 Å². The highest BCUT2D eigenvalue weighted by Gasteiger charge is 2.06. The minimum Gasteiger partial charge on any atom is -0.341 e. The molecule has 0 aromatic rings. The third-order valence-electron chi connectivity index (χ3n) is 2.95. The van der Waals surface area contributed by atoms with Crippen molar-refractivity contribution in [1.82, 2.24) is 5.48 Å². The normalized spacial score (nSPS) is 10.5. The van der Waals surface area contributed by atoms with Crippen LogP contribution in [0.25, 0.3) is 0 Å². The first-order chi connectivity index (χ1) is 9.06. The molecule has 0 saturated carbocycles. The zero-order valence-electron chi connectivity index (χ0n) is 12.7. The van der Waals surface area contributed by atoms with Crippen LogP contribution in [0, 0.1) is 5.92 Å². The average Bonchev–Trinajstić information content (AvgIpc) is 2.36. The van der Waals surface area contributed by atoms with Gasteiger partial charge in [0.1, 0.15) is 0 Å². The van der Waals surface area contributed by atoms with Gasteiger partial charge in [-0.05, 0) is 18.8 Å². The van der Waals surface area contributed by atoms with Gasteiger partial charge in [-0.15, -0.1) is 0 Å². The van der Waals surface area contributed by atoms with E-state index in [0.717, 1.165) is 44.4 Å². The molecule has 0 aromatic carbocycles. The van der Waals surface area contributed by atoms with Crippen LogP contribution in [0.3, 0.4) is 0 Å². The van der Waals surface area contributed by atoms with Crippen molar-refractivity contribution in [3.8, 4) is 0 Å². The standard InChI is InChI=1S/C15H29NO3/c1-4-5-7-12-15(18)19-16-14(17)11-9-6-8-10-13(2)3/h13H,4-12H2,1-3H3,(H,16,17). The Labute approximate surface area is 117 Å². The average molecular weight is 271 g/mol. The van der Waals surface area contributed by atoms with Crippen LogP contribution in [0.15, 0.2) is 0 Å². The lowest BCUT2D eigenvalue weighted by Gasteiger charge is -2.06. The summed E-state index contributed by atoms with van der Waals surface area (Å²) in [6.45, 7) is 6.47. The van der Waals surface area contributed by atoms with E-state index in [1.54, 1.807) is 0 Å². The number of carbonyl (C=O) groups excluding carboxylic acids is 2. The summed E-state index contributed by atoms with van der Waals surface area (Å²) >= 11 is 0. The third kappa shape index (κ3) is 13.2. The summed E-state index contributed by atoms with van der Waals surface area (Å²) in [6.07, 6.45) is 7.97. The first-order valence-electron chi connectivity index (χ1n) is 7.54. The van der Waals surface area contributed by atoms with Crippen molar-refractivity contribution in [2.24, 2.45) is 5.92 Å². The molecule has 19 heavy (non-hydrogen) atoms. The topological polar surface area (TPSA) is 55.4 Å². The van der Waals surface area contributed by atoms with E-state index in [1.165, 1.54) is 6.42 Å². The van der Waals surface area contributed by atoms with Gasteiger partial charge in [0.25, 0.3) is 5.91 Å². The van der Waals surface area contributed by atoms with Crippen LogP contribution in [0.1, 0.15) is 78.6 Å². The van der Waals surface area contributed by atoms with Crippen LogP contribution in [-0.2, 0) is 14.4 Å². The quantitative estimate of drug-likeness (QED) is 0.486.